The average molecular weight is 329 g/mol. The number of carbonyl (C=O) groups is 1. The fourth-order valence-corrected chi connectivity index (χ4v) is 3.13. The van der Waals surface area contributed by atoms with E-state index in [-0.39, 0.29) is 12.5 Å². The summed E-state index contributed by atoms with van der Waals surface area (Å²) in [5.74, 6) is 2.31. The Morgan fingerprint density at radius 1 is 1.38 bits per heavy atom. The van der Waals surface area contributed by atoms with Gasteiger partial charge < -0.3 is 15.2 Å². The van der Waals surface area contributed by atoms with Crippen LogP contribution in [0.1, 0.15) is 36.4 Å². The standard InChI is InChI=1S/C18H23N3O3/c1-24-15-4-2-12(3-5-15)10-18(23)19-17-11-16(20-21-17)14-8-13(9-14)6-7-22/h2-5,11,13-14,22H,6-10H2,1H3,(H2,19,20,21,23). The molecule has 2 aromatic rings. The number of methoxy groups -OCH3 is 1. The van der Waals surface area contributed by atoms with Gasteiger partial charge in [0.2, 0.25) is 5.91 Å². The van der Waals surface area contributed by atoms with Crippen LogP contribution in [0.2, 0.25) is 0 Å². The van der Waals surface area contributed by atoms with Gasteiger partial charge in [-0.2, -0.15) is 5.10 Å². The summed E-state index contributed by atoms with van der Waals surface area (Å²) in [4.78, 5) is 12.1. The van der Waals surface area contributed by atoms with Crippen molar-refractivity contribution in [2.45, 2.75) is 31.6 Å². The molecule has 3 rings (SSSR count). The molecule has 1 aromatic heterocycles. The number of aromatic nitrogens is 2. The maximum absolute atomic E-state index is 12.1. The van der Waals surface area contributed by atoms with Crippen LogP contribution in [0.25, 0.3) is 0 Å². The van der Waals surface area contributed by atoms with Crippen LogP contribution >= 0.6 is 0 Å². The number of H-pyrrole nitrogens is 1. The lowest BCUT2D eigenvalue weighted by Gasteiger charge is -2.34. The number of aromatic amines is 1. The van der Waals surface area contributed by atoms with Gasteiger partial charge in [-0.25, -0.2) is 0 Å². The minimum absolute atomic E-state index is 0.0926. The Morgan fingerprint density at radius 2 is 2.12 bits per heavy atom. The molecule has 1 fully saturated rings. The molecule has 1 aliphatic rings. The predicted octanol–water partition coefficient (Wildman–Crippen LogP) is 2.48. The maximum Gasteiger partial charge on any atom is 0.229 e. The molecular weight excluding hydrogens is 306 g/mol. The van der Waals surface area contributed by atoms with Crippen molar-refractivity contribution >= 4 is 11.7 Å². The van der Waals surface area contributed by atoms with Crippen LogP contribution in [0, 0.1) is 5.92 Å². The van der Waals surface area contributed by atoms with Crippen LogP contribution in [0.15, 0.2) is 30.3 Å². The molecular formula is C18H23N3O3. The minimum atomic E-state index is -0.0926. The molecule has 3 N–H and O–H groups in total. The highest BCUT2D eigenvalue weighted by Crippen LogP contribution is 2.42. The summed E-state index contributed by atoms with van der Waals surface area (Å²) in [5, 5.41) is 18.9. The first-order valence-corrected chi connectivity index (χ1v) is 8.27. The zero-order valence-electron chi connectivity index (χ0n) is 13.8. The Balaban J connectivity index is 1.50. The van der Waals surface area contributed by atoms with Crippen molar-refractivity contribution in [3.8, 4) is 5.75 Å². The van der Waals surface area contributed by atoms with Crippen LogP contribution in [-0.4, -0.2) is 34.9 Å². The molecule has 1 aromatic carbocycles. The molecule has 1 saturated carbocycles. The highest BCUT2D eigenvalue weighted by atomic mass is 16.5. The van der Waals surface area contributed by atoms with Gasteiger partial charge >= 0.3 is 0 Å². The van der Waals surface area contributed by atoms with Crippen LogP contribution in [0.3, 0.4) is 0 Å². The number of hydrogen-bond donors (Lipinski definition) is 3. The highest BCUT2D eigenvalue weighted by Gasteiger charge is 2.31. The highest BCUT2D eigenvalue weighted by molar-refractivity contribution is 5.91. The van der Waals surface area contributed by atoms with Gasteiger partial charge in [0.1, 0.15) is 5.75 Å². The maximum atomic E-state index is 12.1. The van der Waals surface area contributed by atoms with Crippen LogP contribution in [-0.2, 0) is 11.2 Å². The third-order valence-electron chi connectivity index (χ3n) is 4.60. The zero-order valence-corrected chi connectivity index (χ0v) is 13.8. The molecule has 0 aliphatic heterocycles. The fourth-order valence-electron chi connectivity index (χ4n) is 3.13. The minimum Gasteiger partial charge on any atom is -0.497 e. The Bertz CT molecular complexity index is 675. The number of nitrogens with zero attached hydrogens (tertiary/aromatic N) is 1. The van der Waals surface area contributed by atoms with E-state index < -0.39 is 0 Å². The SMILES string of the molecule is COc1ccc(CC(=O)Nc2cc(C3CC(CCO)C3)[nH]n2)cc1. The monoisotopic (exact) mass is 329 g/mol. The molecule has 0 spiro atoms. The van der Waals surface area contributed by atoms with E-state index in [4.69, 9.17) is 9.84 Å². The van der Waals surface area contributed by atoms with E-state index in [1.165, 1.54) is 0 Å². The van der Waals surface area contributed by atoms with Gasteiger partial charge in [0.05, 0.1) is 13.5 Å². The van der Waals surface area contributed by atoms with Gasteiger partial charge in [0, 0.05) is 24.3 Å². The molecule has 0 atom stereocenters. The summed E-state index contributed by atoms with van der Waals surface area (Å²) in [6.45, 7) is 0.257. The second kappa shape index (κ2) is 7.49. The third-order valence-corrected chi connectivity index (χ3v) is 4.60. The molecule has 0 bridgehead atoms. The predicted molar refractivity (Wildman–Crippen MR) is 91.1 cm³/mol. The number of benzene rings is 1. The Labute approximate surface area is 141 Å². The van der Waals surface area contributed by atoms with Crippen LogP contribution < -0.4 is 10.1 Å². The van der Waals surface area contributed by atoms with Crippen molar-refractivity contribution in [3.05, 3.63) is 41.6 Å². The quantitative estimate of drug-likeness (QED) is 0.728. The number of ether oxygens (including phenoxy) is 1. The van der Waals surface area contributed by atoms with Gasteiger partial charge in [-0.15, -0.1) is 0 Å². The largest absolute Gasteiger partial charge is 0.497 e. The van der Waals surface area contributed by atoms with Crippen molar-refractivity contribution < 1.29 is 14.6 Å². The van der Waals surface area contributed by atoms with E-state index in [0.29, 0.717) is 24.1 Å². The molecule has 128 valence electrons. The van der Waals surface area contributed by atoms with Gasteiger partial charge in [0.15, 0.2) is 5.82 Å². The molecule has 0 unspecified atom stereocenters. The molecule has 1 heterocycles. The van der Waals surface area contributed by atoms with Crippen LogP contribution in [0.5, 0.6) is 5.75 Å². The number of aliphatic hydroxyl groups is 1. The lowest BCUT2D eigenvalue weighted by molar-refractivity contribution is -0.115. The molecule has 1 aliphatic carbocycles. The summed E-state index contributed by atoms with van der Waals surface area (Å²) < 4.78 is 5.11. The van der Waals surface area contributed by atoms with E-state index in [0.717, 1.165) is 36.3 Å². The van der Waals surface area contributed by atoms with E-state index >= 15 is 0 Å². The van der Waals surface area contributed by atoms with Gasteiger partial charge in [-0.05, 0) is 42.9 Å². The number of hydrogen-bond acceptors (Lipinski definition) is 4. The lowest BCUT2D eigenvalue weighted by atomic mass is 9.72. The average Bonchev–Trinajstić information content (AvgIpc) is 2.99. The zero-order chi connectivity index (χ0) is 16.9. The van der Waals surface area contributed by atoms with Gasteiger partial charge in [-0.3, -0.25) is 9.89 Å². The number of rotatable bonds is 7. The molecule has 24 heavy (non-hydrogen) atoms. The fraction of sp³-hybridized carbons (Fsp3) is 0.444. The van der Waals surface area contributed by atoms with E-state index in [2.05, 4.69) is 15.5 Å². The summed E-state index contributed by atoms with van der Waals surface area (Å²) in [6.07, 6.45) is 3.31. The molecule has 1 amide bonds. The van der Waals surface area contributed by atoms with Crippen molar-refractivity contribution in [1.29, 1.82) is 0 Å². The Hall–Kier alpha value is -2.34. The lowest BCUT2D eigenvalue weighted by Crippen LogP contribution is -2.23. The number of nitrogens with one attached hydrogen (secondary N) is 2. The van der Waals surface area contributed by atoms with Crippen molar-refractivity contribution in [2.75, 3.05) is 19.0 Å². The number of anilines is 1. The second-order valence-electron chi connectivity index (χ2n) is 6.33. The van der Waals surface area contributed by atoms with E-state index in [9.17, 15) is 4.79 Å². The first-order chi connectivity index (χ1) is 11.7. The Kier molecular flexibility index (Phi) is 5.15. The van der Waals surface area contributed by atoms with E-state index in [1.807, 2.05) is 30.3 Å². The number of carbonyl (C=O) groups excluding carboxylic acids is 1. The number of aliphatic hydroxyl groups excluding tert-OH is 1. The van der Waals surface area contributed by atoms with Crippen molar-refractivity contribution in [3.63, 3.8) is 0 Å². The molecule has 6 nitrogen and oxygen atoms in total. The summed E-state index contributed by atoms with van der Waals surface area (Å²) >= 11 is 0. The van der Waals surface area contributed by atoms with Crippen molar-refractivity contribution in [1.82, 2.24) is 10.2 Å². The number of amides is 1. The van der Waals surface area contributed by atoms with E-state index in [1.54, 1.807) is 7.11 Å². The normalized spacial score (nSPS) is 19.6. The second-order valence-corrected chi connectivity index (χ2v) is 6.33. The molecule has 6 heteroatoms. The smallest absolute Gasteiger partial charge is 0.229 e. The first kappa shape index (κ1) is 16.5. The first-order valence-electron chi connectivity index (χ1n) is 8.27. The summed E-state index contributed by atoms with van der Waals surface area (Å²) in [7, 11) is 1.62. The third kappa shape index (κ3) is 3.94. The van der Waals surface area contributed by atoms with Crippen LogP contribution in [0.4, 0.5) is 5.82 Å². The summed E-state index contributed by atoms with van der Waals surface area (Å²) in [5.41, 5.74) is 1.99. The molecule has 0 saturated heterocycles. The Morgan fingerprint density at radius 3 is 2.79 bits per heavy atom. The molecule has 0 radical (unpaired) electrons. The van der Waals surface area contributed by atoms with Gasteiger partial charge in [0.25, 0.3) is 0 Å². The summed E-state index contributed by atoms with van der Waals surface area (Å²) in [6, 6.07) is 9.35. The van der Waals surface area contributed by atoms with Gasteiger partial charge in [-0.1, -0.05) is 12.1 Å². The van der Waals surface area contributed by atoms with Crippen molar-refractivity contribution in [2.24, 2.45) is 5.92 Å². The topological polar surface area (TPSA) is 87.2 Å².